The van der Waals surface area contributed by atoms with Gasteiger partial charge in [0.25, 0.3) is 5.54 Å². The Labute approximate surface area is 138 Å². The normalized spacial score (nSPS) is 19.6. The highest BCUT2D eigenvalue weighted by atomic mass is 19.4. The van der Waals surface area contributed by atoms with Crippen LogP contribution >= 0.6 is 0 Å². The molecule has 0 bridgehead atoms. The van der Waals surface area contributed by atoms with Crippen LogP contribution in [0, 0.1) is 0 Å². The summed E-state index contributed by atoms with van der Waals surface area (Å²) in [6.45, 7) is 0. The van der Waals surface area contributed by atoms with E-state index in [1.165, 1.54) is 48.5 Å². The lowest BCUT2D eigenvalue weighted by atomic mass is 9.97. The van der Waals surface area contributed by atoms with Gasteiger partial charge in [0.2, 0.25) is 0 Å². The molecule has 1 atom stereocenters. The molecule has 1 unspecified atom stereocenters. The van der Waals surface area contributed by atoms with Crippen molar-refractivity contribution in [2.24, 2.45) is 0 Å². The van der Waals surface area contributed by atoms with Crippen LogP contribution in [0.4, 0.5) is 32.0 Å². The Balaban J connectivity index is 2.15. The molecule has 0 aromatic heterocycles. The maximum Gasteiger partial charge on any atom is 0.423 e. The Morgan fingerprint density at radius 1 is 0.800 bits per heavy atom. The van der Waals surface area contributed by atoms with Crippen molar-refractivity contribution in [3.05, 3.63) is 66.2 Å². The minimum Gasteiger partial charge on any atom is -0.334 e. The van der Waals surface area contributed by atoms with Gasteiger partial charge in [-0.3, -0.25) is 4.79 Å². The zero-order valence-electron chi connectivity index (χ0n) is 12.5. The molecule has 2 aromatic rings. The van der Waals surface area contributed by atoms with E-state index in [-0.39, 0.29) is 16.2 Å². The fraction of sp³-hybridized carbons (Fsp3) is 0.235. The van der Waals surface area contributed by atoms with Crippen molar-refractivity contribution in [1.29, 1.82) is 0 Å². The van der Waals surface area contributed by atoms with Crippen molar-refractivity contribution in [2.45, 2.75) is 23.9 Å². The number of hydrogen-bond acceptors (Lipinski definition) is 2. The lowest BCUT2D eigenvalue weighted by Crippen LogP contribution is -2.51. The summed E-state index contributed by atoms with van der Waals surface area (Å²) >= 11 is 0. The largest absolute Gasteiger partial charge is 0.423 e. The summed E-state index contributed by atoms with van der Waals surface area (Å²) in [7, 11) is 0. The maximum absolute atomic E-state index is 13.5. The molecular formula is C17H11F6NO. The van der Waals surface area contributed by atoms with E-state index in [2.05, 4.69) is 0 Å². The number of carbonyl (C=O) groups is 1. The van der Waals surface area contributed by atoms with Crippen molar-refractivity contribution in [2.75, 3.05) is 4.90 Å². The summed E-state index contributed by atoms with van der Waals surface area (Å²) in [6, 6.07) is 10.6. The minimum atomic E-state index is -5.67. The van der Waals surface area contributed by atoms with Gasteiger partial charge in [-0.05, 0) is 12.1 Å². The second kappa shape index (κ2) is 5.50. The van der Waals surface area contributed by atoms with Crippen LogP contribution < -0.4 is 4.90 Å². The second-order valence-electron chi connectivity index (χ2n) is 5.60. The van der Waals surface area contributed by atoms with Gasteiger partial charge in [-0.25, -0.2) is 0 Å². The Morgan fingerprint density at radius 3 is 1.68 bits per heavy atom. The number of alkyl halides is 6. The smallest absolute Gasteiger partial charge is 0.334 e. The van der Waals surface area contributed by atoms with E-state index in [1.807, 2.05) is 0 Å². The van der Waals surface area contributed by atoms with Crippen LogP contribution in [0.25, 0.3) is 0 Å². The number of halogens is 6. The highest BCUT2D eigenvalue weighted by Crippen LogP contribution is 2.63. The van der Waals surface area contributed by atoms with E-state index >= 15 is 0 Å². The summed E-state index contributed by atoms with van der Waals surface area (Å²) in [5, 5.41) is 0. The van der Waals surface area contributed by atoms with E-state index in [0.717, 1.165) is 12.1 Å². The van der Waals surface area contributed by atoms with E-state index in [4.69, 9.17) is 0 Å². The lowest BCUT2D eigenvalue weighted by molar-refractivity contribution is -0.262. The molecule has 0 aliphatic carbocycles. The SMILES string of the molecule is O=C(c1ccccc1)C1N(c2ccccc2)C1(C(F)(F)F)C(F)(F)F. The molecule has 25 heavy (non-hydrogen) atoms. The fourth-order valence-electron chi connectivity index (χ4n) is 3.04. The van der Waals surface area contributed by atoms with Crippen molar-refractivity contribution in [3.63, 3.8) is 0 Å². The first-order chi connectivity index (χ1) is 11.6. The minimum absolute atomic E-state index is 0.0995. The first-order valence-electron chi connectivity index (χ1n) is 7.19. The Hall–Kier alpha value is -2.51. The van der Waals surface area contributed by atoms with Crippen molar-refractivity contribution < 1.29 is 31.1 Å². The van der Waals surface area contributed by atoms with E-state index in [1.54, 1.807) is 0 Å². The predicted molar refractivity (Wildman–Crippen MR) is 78.3 cm³/mol. The summed E-state index contributed by atoms with van der Waals surface area (Å²) in [5.74, 6) is -1.22. The molecule has 132 valence electrons. The number of hydrogen-bond donors (Lipinski definition) is 0. The number of carbonyl (C=O) groups excluding carboxylic acids is 1. The van der Waals surface area contributed by atoms with Gasteiger partial charge in [-0.2, -0.15) is 26.3 Å². The Morgan fingerprint density at radius 2 is 1.24 bits per heavy atom. The number of nitrogens with zero attached hydrogens (tertiary/aromatic N) is 1. The van der Waals surface area contributed by atoms with Crippen LogP contribution in [0.3, 0.4) is 0 Å². The van der Waals surface area contributed by atoms with Gasteiger partial charge >= 0.3 is 12.4 Å². The number of rotatable bonds is 3. The summed E-state index contributed by atoms with van der Waals surface area (Å²) in [6.07, 6.45) is -11.3. The molecule has 3 rings (SSSR count). The molecule has 0 amide bonds. The zero-order chi connectivity index (χ0) is 18.5. The van der Waals surface area contributed by atoms with Gasteiger partial charge in [0.15, 0.2) is 5.78 Å². The standard InChI is InChI=1S/C17H11F6NO/c18-16(19,20)15(17(21,22)23)14(13(25)11-7-3-1-4-8-11)24(15)12-9-5-2-6-10-12/h1-10,14H. The fourth-order valence-corrected chi connectivity index (χ4v) is 3.04. The van der Waals surface area contributed by atoms with Crippen LogP contribution in [0.2, 0.25) is 0 Å². The van der Waals surface area contributed by atoms with E-state index in [9.17, 15) is 31.1 Å². The van der Waals surface area contributed by atoms with Crippen LogP contribution in [0.15, 0.2) is 60.7 Å². The molecule has 2 nitrogen and oxygen atoms in total. The molecule has 1 heterocycles. The van der Waals surface area contributed by atoms with Gasteiger partial charge in [0, 0.05) is 11.3 Å². The van der Waals surface area contributed by atoms with Gasteiger partial charge < -0.3 is 4.90 Å². The zero-order valence-corrected chi connectivity index (χ0v) is 12.5. The molecule has 1 fully saturated rings. The molecule has 1 saturated heterocycles. The summed E-state index contributed by atoms with van der Waals surface area (Å²) in [4.78, 5) is 12.6. The van der Waals surface area contributed by atoms with Crippen LogP contribution in [0.5, 0.6) is 0 Å². The quantitative estimate of drug-likeness (QED) is 0.453. The molecule has 1 aliphatic heterocycles. The highest BCUT2D eigenvalue weighted by molar-refractivity contribution is 6.08. The number of benzene rings is 2. The molecule has 0 saturated carbocycles. The first-order valence-corrected chi connectivity index (χ1v) is 7.19. The third-order valence-electron chi connectivity index (χ3n) is 4.17. The topological polar surface area (TPSA) is 20.1 Å². The molecular weight excluding hydrogens is 348 g/mol. The van der Waals surface area contributed by atoms with Crippen LogP contribution in [-0.2, 0) is 0 Å². The van der Waals surface area contributed by atoms with Gasteiger partial charge in [0.05, 0.1) is 0 Å². The maximum atomic E-state index is 13.5. The van der Waals surface area contributed by atoms with Crippen LogP contribution in [-0.4, -0.2) is 29.7 Å². The number of para-hydroxylation sites is 1. The third-order valence-corrected chi connectivity index (χ3v) is 4.17. The van der Waals surface area contributed by atoms with Crippen molar-refractivity contribution in [3.8, 4) is 0 Å². The van der Waals surface area contributed by atoms with Gasteiger partial charge in [-0.1, -0.05) is 48.5 Å². The summed E-state index contributed by atoms with van der Waals surface area (Å²) < 4.78 is 81.2. The van der Waals surface area contributed by atoms with E-state index in [0.29, 0.717) is 0 Å². The molecule has 8 heteroatoms. The average molecular weight is 359 g/mol. The Bertz CT molecular complexity index is 755. The number of ketones is 1. The predicted octanol–water partition coefficient (Wildman–Crippen LogP) is 4.62. The molecule has 0 radical (unpaired) electrons. The molecule has 0 N–H and O–H groups in total. The van der Waals surface area contributed by atoms with Crippen molar-refractivity contribution >= 4 is 11.5 Å². The number of anilines is 1. The van der Waals surface area contributed by atoms with Crippen LogP contribution in [0.1, 0.15) is 10.4 Å². The summed E-state index contributed by atoms with van der Waals surface area (Å²) in [5.41, 5.74) is -4.75. The van der Waals surface area contributed by atoms with E-state index < -0.39 is 29.7 Å². The molecule has 2 aromatic carbocycles. The third kappa shape index (κ3) is 2.47. The second-order valence-corrected chi connectivity index (χ2v) is 5.60. The average Bonchev–Trinajstić information content (AvgIpc) is 3.27. The monoisotopic (exact) mass is 359 g/mol. The molecule has 1 aliphatic rings. The lowest BCUT2D eigenvalue weighted by Gasteiger charge is -2.24. The van der Waals surface area contributed by atoms with Gasteiger partial charge in [0.1, 0.15) is 6.04 Å². The van der Waals surface area contributed by atoms with Gasteiger partial charge in [-0.15, -0.1) is 0 Å². The molecule has 0 spiro atoms. The Kier molecular flexibility index (Phi) is 3.81. The van der Waals surface area contributed by atoms with Crippen molar-refractivity contribution in [1.82, 2.24) is 0 Å². The first kappa shape index (κ1) is 17.3. The number of Topliss-reactive ketones (excluding diaryl/α,β-unsaturated/α-hetero) is 1. The highest BCUT2D eigenvalue weighted by Gasteiger charge is 2.91.